The molecule has 1 N–H and O–H groups in total. The number of fused-ring (bicyclic) bond motifs is 1. The van der Waals surface area contributed by atoms with Crippen molar-refractivity contribution in [3.8, 4) is 11.8 Å². The van der Waals surface area contributed by atoms with Gasteiger partial charge in [0.1, 0.15) is 16.8 Å². The van der Waals surface area contributed by atoms with E-state index >= 15 is 0 Å². The first-order valence-corrected chi connectivity index (χ1v) is 6.25. The van der Waals surface area contributed by atoms with Crippen LogP contribution in [0.25, 0.3) is 11.0 Å². The normalized spacial score (nSPS) is 10.5. The lowest BCUT2D eigenvalue weighted by atomic mass is 10.1. The number of hydrogen-bond donors (Lipinski definition) is 1. The third-order valence-corrected chi connectivity index (χ3v) is 2.91. The van der Waals surface area contributed by atoms with E-state index < -0.39 is 5.97 Å². The van der Waals surface area contributed by atoms with Crippen LogP contribution >= 0.6 is 0 Å². The van der Waals surface area contributed by atoms with Gasteiger partial charge in [0.15, 0.2) is 0 Å². The second-order valence-electron chi connectivity index (χ2n) is 4.49. The standard InChI is InChI=1S/C15H11N3O3/c1-9-6-7-10(14(19)20)13(8-9)21-15-16-11-4-2-3-5-12(11)17-18-15/h2-8H,1H3,(H,19,20). The van der Waals surface area contributed by atoms with Gasteiger partial charge in [-0.3, -0.25) is 0 Å². The number of ether oxygens (including phenoxy) is 1. The van der Waals surface area contributed by atoms with Crippen LogP contribution in [0.4, 0.5) is 0 Å². The lowest BCUT2D eigenvalue weighted by Gasteiger charge is -2.08. The summed E-state index contributed by atoms with van der Waals surface area (Å²) in [7, 11) is 0. The van der Waals surface area contributed by atoms with Crippen LogP contribution < -0.4 is 4.74 Å². The predicted octanol–water partition coefficient (Wildman–Crippen LogP) is 2.82. The topological polar surface area (TPSA) is 85.2 Å². The number of aryl methyl sites for hydroxylation is 1. The number of rotatable bonds is 3. The van der Waals surface area contributed by atoms with E-state index in [4.69, 9.17) is 9.84 Å². The van der Waals surface area contributed by atoms with E-state index in [2.05, 4.69) is 15.2 Å². The van der Waals surface area contributed by atoms with Gasteiger partial charge >= 0.3 is 12.0 Å². The summed E-state index contributed by atoms with van der Waals surface area (Å²) < 4.78 is 5.49. The van der Waals surface area contributed by atoms with E-state index in [9.17, 15) is 4.79 Å². The molecular formula is C15H11N3O3. The summed E-state index contributed by atoms with van der Waals surface area (Å²) in [6.45, 7) is 1.85. The minimum atomic E-state index is -1.07. The Morgan fingerprint density at radius 1 is 1.10 bits per heavy atom. The predicted molar refractivity (Wildman–Crippen MR) is 75.5 cm³/mol. The Hall–Kier alpha value is -3.02. The van der Waals surface area contributed by atoms with E-state index in [-0.39, 0.29) is 17.3 Å². The first-order valence-electron chi connectivity index (χ1n) is 6.25. The molecule has 0 amide bonds. The van der Waals surface area contributed by atoms with Gasteiger partial charge in [0.25, 0.3) is 0 Å². The minimum absolute atomic E-state index is 0.0156. The molecule has 0 aliphatic carbocycles. The largest absolute Gasteiger partial charge is 0.478 e. The average Bonchev–Trinajstić information content (AvgIpc) is 2.47. The molecule has 2 aromatic carbocycles. The molecule has 0 unspecified atom stereocenters. The zero-order valence-electron chi connectivity index (χ0n) is 11.1. The summed E-state index contributed by atoms with van der Waals surface area (Å²) in [6, 6.07) is 12.1. The van der Waals surface area contributed by atoms with E-state index in [1.807, 2.05) is 19.1 Å². The van der Waals surface area contributed by atoms with E-state index in [0.29, 0.717) is 11.0 Å². The molecule has 6 heteroatoms. The Morgan fingerprint density at radius 2 is 1.86 bits per heavy atom. The van der Waals surface area contributed by atoms with Crippen LogP contribution in [0.3, 0.4) is 0 Å². The molecule has 21 heavy (non-hydrogen) atoms. The fourth-order valence-corrected chi connectivity index (χ4v) is 1.90. The average molecular weight is 281 g/mol. The molecule has 0 aliphatic rings. The number of para-hydroxylation sites is 1. The molecule has 0 atom stereocenters. The smallest absolute Gasteiger partial charge is 0.341 e. The molecule has 0 bridgehead atoms. The zero-order chi connectivity index (χ0) is 14.8. The van der Waals surface area contributed by atoms with Crippen LogP contribution in [0.15, 0.2) is 42.5 Å². The van der Waals surface area contributed by atoms with Crippen molar-refractivity contribution in [3.05, 3.63) is 53.6 Å². The molecule has 0 aliphatic heterocycles. The van der Waals surface area contributed by atoms with Gasteiger partial charge < -0.3 is 9.84 Å². The quantitative estimate of drug-likeness (QED) is 0.794. The first kappa shape index (κ1) is 13.0. The fraction of sp³-hybridized carbons (Fsp3) is 0.0667. The molecule has 0 saturated heterocycles. The summed E-state index contributed by atoms with van der Waals surface area (Å²) >= 11 is 0. The number of nitrogens with zero attached hydrogens (tertiary/aromatic N) is 3. The SMILES string of the molecule is Cc1ccc(C(=O)O)c(Oc2nnc3ccccc3n2)c1. The van der Waals surface area contributed by atoms with Crippen LogP contribution in [-0.2, 0) is 0 Å². The lowest BCUT2D eigenvalue weighted by Crippen LogP contribution is -2.02. The van der Waals surface area contributed by atoms with Crippen molar-refractivity contribution in [1.82, 2.24) is 15.2 Å². The summed E-state index contributed by atoms with van der Waals surface area (Å²) in [5.74, 6) is -0.877. The van der Waals surface area contributed by atoms with E-state index in [0.717, 1.165) is 5.56 Å². The minimum Gasteiger partial charge on any atom is -0.478 e. The summed E-state index contributed by atoms with van der Waals surface area (Å²) in [4.78, 5) is 15.4. The van der Waals surface area contributed by atoms with Gasteiger partial charge in [-0.05, 0) is 36.8 Å². The van der Waals surface area contributed by atoms with Crippen LogP contribution in [0.5, 0.6) is 11.8 Å². The first-order chi connectivity index (χ1) is 10.1. The van der Waals surface area contributed by atoms with Crippen LogP contribution in [0.2, 0.25) is 0 Å². The number of hydrogen-bond acceptors (Lipinski definition) is 5. The molecular weight excluding hydrogens is 270 g/mol. The Kier molecular flexibility index (Phi) is 3.19. The second-order valence-corrected chi connectivity index (χ2v) is 4.49. The molecule has 0 radical (unpaired) electrons. The van der Waals surface area contributed by atoms with Crippen LogP contribution in [-0.4, -0.2) is 26.3 Å². The zero-order valence-corrected chi connectivity index (χ0v) is 11.1. The van der Waals surface area contributed by atoms with Gasteiger partial charge in [-0.15, -0.1) is 5.10 Å². The van der Waals surface area contributed by atoms with Gasteiger partial charge in [0.2, 0.25) is 0 Å². The van der Waals surface area contributed by atoms with Crippen molar-refractivity contribution in [2.24, 2.45) is 0 Å². The highest BCUT2D eigenvalue weighted by Crippen LogP contribution is 2.25. The monoisotopic (exact) mass is 281 g/mol. The second kappa shape index (κ2) is 5.16. The molecule has 104 valence electrons. The van der Waals surface area contributed by atoms with E-state index in [1.54, 1.807) is 24.3 Å². The Labute approximate surface area is 120 Å². The van der Waals surface area contributed by atoms with Gasteiger partial charge in [0, 0.05) is 0 Å². The van der Waals surface area contributed by atoms with Crippen molar-refractivity contribution in [2.75, 3.05) is 0 Å². The molecule has 1 aromatic heterocycles. The molecule has 6 nitrogen and oxygen atoms in total. The Bertz CT molecular complexity index is 833. The third-order valence-electron chi connectivity index (χ3n) is 2.91. The third kappa shape index (κ3) is 2.64. The van der Waals surface area contributed by atoms with Crippen LogP contribution in [0, 0.1) is 6.92 Å². The van der Waals surface area contributed by atoms with E-state index in [1.165, 1.54) is 6.07 Å². The molecule has 1 heterocycles. The van der Waals surface area contributed by atoms with Gasteiger partial charge in [0.05, 0.1) is 5.52 Å². The summed E-state index contributed by atoms with van der Waals surface area (Å²) in [6.07, 6.45) is 0. The summed E-state index contributed by atoms with van der Waals surface area (Å²) in [5, 5.41) is 17.0. The lowest BCUT2D eigenvalue weighted by molar-refractivity contribution is 0.0694. The highest BCUT2D eigenvalue weighted by molar-refractivity contribution is 5.91. The number of carboxylic acids is 1. The number of benzene rings is 2. The van der Waals surface area contributed by atoms with Crippen LogP contribution in [0.1, 0.15) is 15.9 Å². The number of carboxylic acid groups (broad SMARTS) is 1. The molecule has 3 rings (SSSR count). The number of aromatic nitrogens is 3. The molecule has 0 saturated carbocycles. The fourth-order valence-electron chi connectivity index (χ4n) is 1.90. The van der Waals surface area contributed by atoms with Gasteiger partial charge in [-0.1, -0.05) is 23.3 Å². The number of aromatic carboxylic acids is 1. The van der Waals surface area contributed by atoms with Crippen molar-refractivity contribution < 1.29 is 14.6 Å². The Morgan fingerprint density at radius 3 is 2.62 bits per heavy atom. The number of carbonyl (C=O) groups is 1. The maximum atomic E-state index is 11.2. The highest BCUT2D eigenvalue weighted by Gasteiger charge is 2.13. The molecule has 0 spiro atoms. The van der Waals surface area contributed by atoms with Crippen molar-refractivity contribution in [1.29, 1.82) is 0 Å². The Balaban J connectivity index is 2.02. The maximum absolute atomic E-state index is 11.2. The van der Waals surface area contributed by atoms with Crippen molar-refractivity contribution >= 4 is 17.0 Å². The van der Waals surface area contributed by atoms with Crippen molar-refractivity contribution in [3.63, 3.8) is 0 Å². The highest BCUT2D eigenvalue weighted by atomic mass is 16.5. The molecule has 0 fully saturated rings. The maximum Gasteiger partial charge on any atom is 0.341 e. The molecule has 3 aromatic rings. The van der Waals surface area contributed by atoms with Gasteiger partial charge in [-0.25, -0.2) is 4.79 Å². The van der Waals surface area contributed by atoms with Crippen molar-refractivity contribution in [2.45, 2.75) is 6.92 Å². The summed E-state index contributed by atoms with van der Waals surface area (Å²) in [5.41, 5.74) is 2.21. The van der Waals surface area contributed by atoms with Gasteiger partial charge in [-0.2, -0.15) is 4.98 Å².